The molecule has 4 nitrogen and oxygen atoms in total. The maximum atomic E-state index is 13.4. The van der Waals surface area contributed by atoms with Gasteiger partial charge in [0.05, 0.1) is 13.2 Å². The molecule has 1 atom stereocenters. The molecule has 0 radical (unpaired) electrons. The predicted molar refractivity (Wildman–Crippen MR) is 83.1 cm³/mol. The Hall–Kier alpha value is -1.90. The van der Waals surface area contributed by atoms with Gasteiger partial charge in [-0.2, -0.15) is 5.10 Å². The fraction of sp³-hybridized carbons (Fsp3) is 0.375. The minimum atomic E-state index is -1.59. The fourth-order valence-corrected chi connectivity index (χ4v) is 1.92. The molecule has 1 heterocycles. The maximum absolute atomic E-state index is 13.4. The molecule has 1 aromatic carbocycles. The summed E-state index contributed by atoms with van der Waals surface area (Å²) in [5.41, 5.74) is -1.95. The number of aliphatic hydroxyl groups is 1. The van der Waals surface area contributed by atoms with E-state index in [1.54, 1.807) is 38.1 Å². The minimum Gasteiger partial charge on any atom is -0.375 e. The average molecular weight is 322 g/mol. The minimum absolute atomic E-state index is 0.0323. The molecule has 0 spiro atoms. The van der Waals surface area contributed by atoms with Crippen molar-refractivity contribution in [3.8, 4) is 11.8 Å². The van der Waals surface area contributed by atoms with Crippen LogP contribution in [0.4, 0.5) is 4.39 Å². The highest BCUT2D eigenvalue weighted by Crippen LogP contribution is 2.32. The summed E-state index contributed by atoms with van der Waals surface area (Å²) in [5.74, 6) is 5.67. The van der Waals surface area contributed by atoms with Crippen molar-refractivity contribution in [1.29, 1.82) is 0 Å². The highest BCUT2D eigenvalue weighted by molar-refractivity contribution is 6.30. The second kappa shape index (κ2) is 6.47. The molecular formula is C16H17ClFN3O. The summed E-state index contributed by atoms with van der Waals surface area (Å²) in [6, 6.07) is 6.91. The fourth-order valence-electron chi connectivity index (χ4n) is 1.79. The summed E-state index contributed by atoms with van der Waals surface area (Å²) < 4.78 is 14.8. The van der Waals surface area contributed by atoms with E-state index < -0.39 is 17.7 Å². The van der Waals surface area contributed by atoms with Crippen LogP contribution in [-0.2, 0) is 6.54 Å². The Labute approximate surface area is 133 Å². The summed E-state index contributed by atoms with van der Waals surface area (Å²) in [7, 11) is 0. The smallest absolute Gasteiger partial charge is 0.152 e. The molecule has 1 aromatic heterocycles. The average Bonchev–Trinajstić information content (AvgIpc) is 2.99. The van der Waals surface area contributed by atoms with E-state index in [1.807, 2.05) is 0 Å². The first-order valence-electron chi connectivity index (χ1n) is 6.76. The van der Waals surface area contributed by atoms with Crippen LogP contribution in [0, 0.1) is 17.3 Å². The first-order valence-corrected chi connectivity index (χ1v) is 7.14. The van der Waals surface area contributed by atoms with Crippen molar-refractivity contribution in [3.63, 3.8) is 0 Å². The summed E-state index contributed by atoms with van der Waals surface area (Å²) in [6.07, 6.45) is 2.82. The van der Waals surface area contributed by atoms with Crippen molar-refractivity contribution < 1.29 is 9.50 Å². The summed E-state index contributed by atoms with van der Waals surface area (Å²) in [4.78, 5) is 3.83. The maximum Gasteiger partial charge on any atom is 0.152 e. The number of aromatic nitrogens is 3. The third kappa shape index (κ3) is 3.65. The molecule has 0 fully saturated rings. The summed E-state index contributed by atoms with van der Waals surface area (Å²) in [6.45, 7) is 2.57. The highest BCUT2D eigenvalue weighted by atomic mass is 35.5. The van der Waals surface area contributed by atoms with Gasteiger partial charge in [0.15, 0.2) is 5.60 Å². The Morgan fingerprint density at radius 2 is 2.00 bits per heavy atom. The molecule has 0 aliphatic carbocycles. The molecule has 1 unspecified atom stereocenters. The van der Waals surface area contributed by atoms with Crippen LogP contribution in [0.1, 0.15) is 19.4 Å². The number of halogens is 2. The van der Waals surface area contributed by atoms with Crippen LogP contribution in [0.25, 0.3) is 0 Å². The zero-order chi connectivity index (χ0) is 16.2. The lowest BCUT2D eigenvalue weighted by Crippen LogP contribution is -2.48. The van der Waals surface area contributed by atoms with Crippen LogP contribution in [-0.4, -0.2) is 32.1 Å². The van der Waals surface area contributed by atoms with Gasteiger partial charge < -0.3 is 5.11 Å². The van der Waals surface area contributed by atoms with Crippen LogP contribution >= 0.6 is 11.6 Å². The molecular weight excluding hydrogens is 305 g/mol. The second-order valence-electron chi connectivity index (χ2n) is 5.73. The number of hydrogen-bond donors (Lipinski definition) is 1. The van der Waals surface area contributed by atoms with Gasteiger partial charge in [0.1, 0.15) is 12.7 Å². The summed E-state index contributed by atoms with van der Waals surface area (Å²) >= 11 is 5.83. The SMILES string of the molecule is CC(C)(CF)C(O)(C#Cc1ccc(Cl)cc1)Cn1cncn1. The molecule has 22 heavy (non-hydrogen) atoms. The Kier molecular flexibility index (Phi) is 4.84. The Balaban J connectivity index is 2.35. The first-order chi connectivity index (χ1) is 10.4. The molecule has 1 N–H and O–H groups in total. The molecule has 0 saturated carbocycles. The van der Waals surface area contributed by atoms with Crippen molar-refractivity contribution in [2.75, 3.05) is 6.67 Å². The lowest BCUT2D eigenvalue weighted by atomic mass is 9.76. The Morgan fingerprint density at radius 1 is 1.32 bits per heavy atom. The number of benzene rings is 1. The number of nitrogens with zero attached hydrogens (tertiary/aromatic N) is 3. The summed E-state index contributed by atoms with van der Waals surface area (Å²) in [5, 5.41) is 15.5. The van der Waals surface area contributed by atoms with Gasteiger partial charge in [0, 0.05) is 16.0 Å². The van der Waals surface area contributed by atoms with E-state index in [1.165, 1.54) is 17.3 Å². The van der Waals surface area contributed by atoms with Crippen LogP contribution in [0.5, 0.6) is 0 Å². The van der Waals surface area contributed by atoms with Crippen LogP contribution in [0.15, 0.2) is 36.9 Å². The van der Waals surface area contributed by atoms with E-state index >= 15 is 0 Å². The largest absolute Gasteiger partial charge is 0.375 e. The van der Waals surface area contributed by atoms with Crippen LogP contribution < -0.4 is 0 Å². The molecule has 0 saturated heterocycles. The van der Waals surface area contributed by atoms with Gasteiger partial charge in [0.25, 0.3) is 0 Å². The van der Waals surface area contributed by atoms with Gasteiger partial charge in [0.2, 0.25) is 0 Å². The molecule has 2 rings (SSSR count). The van der Waals surface area contributed by atoms with E-state index in [-0.39, 0.29) is 6.54 Å². The van der Waals surface area contributed by atoms with E-state index in [4.69, 9.17) is 11.6 Å². The lowest BCUT2D eigenvalue weighted by molar-refractivity contribution is -0.0435. The normalized spacial score (nSPS) is 14.0. The molecule has 0 amide bonds. The second-order valence-corrected chi connectivity index (χ2v) is 6.16. The van der Waals surface area contributed by atoms with Gasteiger partial charge in [-0.1, -0.05) is 37.3 Å². The van der Waals surface area contributed by atoms with Gasteiger partial charge >= 0.3 is 0 Å². The number of alkyl halides is 1. The topological polar surface area (TPSA) is 50.9 Å². The predicted octanol–water partition coefficient (Wildman–Crippen LogP) is 2.71. The van der Waals surface area contributed by atoms with Gasteiger partial charge in [-0.05, 0) is 24.3 Å². The van der Waals surface area contributed by atoms with Crippen molar-refractivity contribution in [3.05, 3.63) is 47.5 Å². The van der Waals surface area contributed by atoms with Gasteiger partial charge in [-0.15, -0.1) is 0 Å². The van der Waals surface area contributed by atoms with Gasteiger partial charge in [-0.3, -0.25) is 4.39 Å². The number of rotatable bonds is 4. The standard InChI is InChI=1S/C16H17ClFN3O/c1-15(2,9-18)16(22,10-21-12-19-11-20-21)8-7-13-3-5-14(17)6-4-13/h3-6,11-12,22H,9-10H2,1-2H3. The molecule has 116 valence electrons. The monoisotopic (exact) mass is 321 g/mol. The van der Waals surface area contributed by atoms with Crippen molar-refractivity contribution in [2.45, 2.75) is 26.0 Å². The van der Waals surface area contributed by atoms with Gasteiger partial charge in [-0.25, -0.2) is 9.67 Å². The zero-order valence-electron chi connectivity index (χ0n) is 12.4. The molecule has 6 heteroatoms. The zero-order valence-corrected chi connectivity index (χ0v) is 13.2. The Morgan fingerprint density at radius 3 is 2.55 bits per heavy atom. The lowest BCUT2D eigenvalue weighted by Gasteiger charge is -2.36. The van der Waals surface area contributed by atoms with Crippen LogP contribution in [0.3, 0.4) is 0 Å². The van der Waals surface area contributed by atoms with E-state index in [2.05, 4.69) is 21.9 Å². The molecule has 2 aromatic rings. The first kappa shape index (κ1) is 16.5. The third-order valence-electron chi connectivity index (χ3n) is 3.57. The van der Waals surface area contributed by atoms with Crippen LogP contribution in [0.2, 0.25) is 5.02 Å². The molecule has 0 aliphatic rings. The van der Waals surface area contributed by atoms with Crippen molar-refractivity contribution in [1.82, 2.24) is 14.8 Å². The van der Waals surface area contributed by atoms with Crippen molar-refractivity contribution in [2.24, 2.45) is 5.41 Å². The third-order valence-corrected chi connectivity index (χ3v) is 3.82. The highest BCUT2D eigenvalue weighted by Gasteiger charge is 2.43. The van der Waals surface area contributed by atoms with E-state index in [0.29, 0.717) is 10.6 Å². The van der Waals surface area contributed by atoms with Crippen molar-refractivity contribution >= 4 is 11.6 Å². The van der Waals surface area contributed by atoms with E-state index in [9.17, 15) is 9.50 Å². The molecule has 0 aliphatic heterocycles. The molecule has 0 bridgehead atoms. The number of hydrogen-bond acceptors (Lipinski definition) is 3. The Bertz CT molecular complexity index is 674. The van der Waals surface area contributed by atoms with E-state index in [0.717, 1.165) is 0 Å². The quantitative estimate of drug-likeness (QED) is 0.881.